The van der Waals surface area contributed by atoms with E-state index in [1.54, 1.807) is 55.5 Å². The number of fused-ring (bicyclic) bond motifs is 1. The molecule has 0 spiro atoms. The van der Waals surface area contributed by atoms with Crippen molar-refractivity contribution in [3.05, 3.63) is 111 Å². The first-order valence-electron chi connectivity index (χ1n) is 11.1. The third kappa shape index (κ3) is 3.88. The number of nitrogens with zero attached hydrogens (tertiary/aromatic N) is 2. The first kappa shape index (κ1) is 23.0. The Morgan fingerprint density at radius 2 is 1.88 bits per heavy atom. The Labute approximate surface area is 197 Å². The van der Waals surface area contributed by atoms with Gasteiger partial charge in [0.2, 0.25) is 0 Å². The molecule has 2 aromatic heterocycles. The fourth-order valence-electron chi connectivity index (χ4n) is 4.57. The molecule has 2 atom stereocenters. The molecular weight excluding hydrogens is 426 g/mol. The van der Waals surface area contributed by atoms with Crippen LogP contribution >= 0.6 is 0 Å². The molecule has 0 radical (unpaired) electrons. The Morgan fingerprint density at radius 3 is 2.53 bits per heavy atom. The summed E-state index contributed by atoms with van der Waals surface area (Å²) in [6, 6.07) is 13.5. The molecule has 0 bridgehead atoms. The Kier molecular flexibility index (Phi) is 6.32. The van der Waals surface area contributed by atoms with Crippen molar-refractivity contribution in [2.75, 3.05) is 0 Å². The average Bonchev–Trinajstić information content (AvgIpc) is 3.27. The van der Waals surface area contributed by atoms with E-state index in [0.717, 1.165) is 26.7 Å². The highest BCUT2D eigenvalue weighted by Crippen LogP contribution is 2.30. The van der Waals surface area contributed by atoms with Crippen molar-refractivity contribution in [3.63, 3.8) is 0 Å². The molecule has 2 heterocycles. The van der Waals surface area contributed by atoms with E-state index in [1.807, 2.05) is 25.3 Å². The minimum atomic E-state index is -1.25. The number of aliphatic carboxylic acids is 1. The third-order valence-electron chi connectivity index (χ3n) is 6.21. The quantitative estimate of drug-likeness (QED) is 0.467. The van der Waals surface area contributed by atoms with Gasteiger partial charge in [-0.05, 0) is 36.6 Å². The Morgan fingerprint density at radius 1 is 1.15 bits per heavy atom. The van der Waals surface area contributed by atoms with Gasteiger partial charge < -0.3 is 10.1 Å². The van der Waals surface area contributed by atoms with Crippen LogP contribution in [0, 0.1) is 6.92 Å². The standard InChI is InChI=1S/C28H27N3O3/c1-5-11-21-20(6-2)27(32)31(26(28(33)34)19-13-8-7-9-14-19)30-25(21)18(4)22-16-29-23-15-10-12-17(3)24(22)23/h5-16,18,26,29H,1H2,2-4H3,(H,33,34). The second-order valence-corrected chi connectivity index (χ2v) is 8.27. The number of hydrogen-bond donors (Lipinski definition) is 2. The summed E-state index contributed by atoms with van der Waals surface area (Å²) >= 11 is 0. The van der Waals surface area contributed by atoms with E-state index in [0.29, 0.717) is 21.7 Å². The van der Waals surface area contributed by atoms with Gasteiger partial charge in [-0.15, -0.1) is 0 Å². The van der Waals surface area contributed by atoms with Gasteiger partial charge in [0.05, 0.1) is 5.69 Å². The van der Waals surface area contributed by atoms with Crippen molar-refractivity contribution in [3.8, 4) is 0 Å². The first-order valence-corrected chi connectivity index (χ1v) is 11.1. The van der Waals surface area contributed by atoms with Crippen LogP contribution in [0.25, 0.3) is 23.1 Å². The molecular formula is C28H27N3O3. The molecule has 2 unspecified atom stereocenters. The average molecular weight is 454 g/mol. The summed E-state index contributed by atoms with van der Waals surface area (Å²) < 4.78 is 1.10. The molecule has 34 heavy (non-hydrogen) atoms. The zero-order valence-electron chi connectivity index (χ0n) is 19.4. The molecule has 0 aliphatic rings. The molecule has 6 heteroatoms. The highest BCUT2D eigenvalue weighted by atomic mass is 16.4. The van der Waals surface area contributed by atoms with Crippen molar-refractivity contribution in [1.29, 1.82) is 0 Å². The summed E-state index contributed by atoms with van der Waals surface area (Å²) in [6.45, 7) is 9.66. The minimum Gasteiger partial charge on any atom is -0.479 e. The lowest BCUT2D eigenvalue weighted by Crippen LogP contribution is -2.51. The molecule has 0 amide bonds. The maximum atomic E-state index is 13.5. The van der Waals surface area contributed by atoms with E-state index < -0.39 is 17.6 Å². The minimum absolute atomic E-state index is 0.225. The molecule has 2 aromatic carbocycles. The van der Waals surface area contributed by atoms with Crippen LogP contribution in [0.1, 0.15) is 48.2 Å². The highest BCUT2D eigenvalue weighted by Gasteiger charge is 2.27. The number of benzene rings is 2. The molecule has 4 aromatic rings. The predicted molar refractivity (Wildman–Crippen MR) is 135 cm³/mol. The van der Waals surface area contributed by atoms with Crippen LogP contribution < -0.4 is 16.0 Å². The van der Waals surface area contributed by atoms with E-state index in [4.69, 9.17) is 5.10 Å². The molecule has 0 aliphatic carbocycles. The topological polar surface area (TPSA) is 88.0 Å². The van der Waals surface area contributed by atoms with E-state index in [2.05, 4.69) is 24.6 Å². The van der Waals surface area contributed by atoms with Crippen molar-refractivity contribution < 1.29 is 9.90 Å². The zero-order valence-corrected chi connectivity index (χ0v) is 19.4. The highest BCUT2D eigenvalue weighted by molar-refractivity contribution is 5.87. The Balaban J connectivity index is 2.06. The number of allylic oxidation sites excluding steroid dienone is 1. The number of H-pyrrole nitrogens is 1. The second-order valence-electron chi connectivity index (χ2n) is 8.27. The van der Waals surface area contributed by atoms with Crippen molar-refractivity contribution in [1.82, 2.24) is 14.8 Å². The summed E-state index contributed by atoms with van der Waals surface area (Å²) in [5.74, 6) is -1.37. The Bertz CT molecular complexity index is 1560. The summed E-state index contributed by atoms with van der Waals surface area (Å²) in [4.78, 5) is 29.2. The van der Waals surface area contributed by atoms with Crippen molar-refractivity contribution in [2.24, 2.45) is 0 Å². The van der Waals surface area contributed by atoms with Gasteiger partial charge in [0.1, 0.15) is 0 Å². The molecule has 4 rings (SSSR count). The lowest BCUT2D eigenvalue weighted by Gasteiger charge is -2.19. The van der Waals surface area contributed by atoms with Gasteiger partial charge in [-0.1, -0.05) is 74.2 Å². The van der Waals surface area contributed by atoms with Crippen LogP contribution in [-0.2, 0) is 4.79 Å². The number of carbonyl (C=O) groups is 1. The predicted octanol–water partition coefficient (Wildman–Crippen LogP) is 3.63. The zero-order chi connectivity index (χ0) is 24.4. The summed E-state index contributed by atoms with van der Waals surface area (Å²) in [6.07, 6.45) is 7.05. The number of aromatic nitrogens is 3. The van der Waals surface area contributed by atoms with Crippen LogP contribution in [0.2, 0.25) is 0 Å². The number of nitrogens with one attached hydrogen (secondary N) is 1. The lowest BCUT2D eigenvalue weighted by atomic mass is 9.93. The number of rotatable bonds is 6. The first-order chi connectivity index (χ1) is 16.4. The van der Waals surface area contributed by atoms with E-state index >= 15 is 0 Å². The third-order valence-corrected chi connectivity index (χ3v) is 6.21. The maximum Gasteiger partial charge on any atom is 0.333 e. The van der Waals surface area contributed by atoms with Gasteiger partial charge in [-0.25, -0.2) is 9.48 Å². The van der Waals surface area contributed by atoms with E-state index in [-0.39, 0.29) is 5.92 Å². The van der Waals surface area contributed by atoms with Gasteiger partial charge in [0.25, 0.3) is 5.56 Å². The van der Waals surface area contributed by atoms with Gasteiger partial charge in [0, 0.05) is 33.5 Å². The molecule has 0 fully saturated rings. The van der Waals surface area contributed by atoms with Crippen molar-refractivity contribution >= 4 is 29.0 Å². The SMILES string of the molecule is C=CC=c1c(C(C)c2c[nH]c3cccc(C)c23)nn(C(C(=O)O)c2ccccc2)c(=O)c1=CC. The van der Waals surface area contributed by atoms with Gasteiger partial charge in [0.15, 0.2) is 6.04 Å². The lowest BCUT2D eigenvalue weighted by molar-refractivity contribution is -0.140. The van der Waals surface area contributed by atoms with Crippen LogP contribution in [0.3, 0.4) is 0 Å². The Hall–Kier alpha value is -4.19. The van der Waals surface area contributed by atoms with Crippen LogP contribution in [0.15, 0.2) is 72.2 Å². The molecule has 0 saturated carbocycles. The van der Waals surface area contributed by atoms with Gasteiger partial charge >= 0.3 is 5.97 Å². The van der Waals surface area contributed by atoms with Crippen LogP contribution in [0.5, 0.6) is 0 Å². The molecule has 172 valence electrons. The number of carboxylic acids is 1. The van der Waals surface area contributed by atoms with Crippen LogP contribution in [0.4, 0.5) is 0 Å². The monoisotopic (exact) mass is 453 g/mol. The second kappa shape index (κ2) is 9.35. The van der Waals surface area contributed by atoms with Gasteiger partial charge in [-0.2, -0.15) is 5.10 Å². The number of aromatic amines is 1. The number of hydrogen-bond acceptors (Lipinski definition) is 3. The molecule has 6 nitrogen and oxygen atoms in total. The normalized spacial score (nSPS) is 14.3. The fourth-order valence-corrected chi connectivity index (χ4v) is 4.57. The molecule has 0 saturated heterocycles. The summed E-state index contributed by atoms with van der Waals surface area (Å²) in [5.41, 5.74) is 3.79. The molecule has 2 N–H and O–H groups in total. The smallest absolute Gasteiger partial charge is 0.333 e. The van der Waals surface area contributed by atoms with Gasteiger partial charge in [-0.3, -0.25) is 4.79 Å². The molecule has 0 aliphatic heterocycles. The largest absolute Gasteiger partial charge is 0.479 e. The summed E-state index contributed by atoms with van der Waals surface area (Å²) in [5, 5.41) is 16.9. The number of aryl methyl sites for hydroxylation is 1. The summed E-state index contributed by atoms with van der Waals surface area (Å²) in [7, 11) is 0. The number of carboxylic acid groups (broad SMARTS) is 1. The van der Waals surface area contributed by atoms with E-state index in [1.165, 1.54) is 0 Å². The van der Waals surface area contributed by atoms with E-state index in [9.17, 15) is 14.7 Å². The van der Waals surface area contributed by atoms with Crippen molar-refractivity contribution in [2.45, 2.75) is 32.7 Å². The maximum absolute atomic E-state index is 13.5. The van der Waals surface area contributed by atoms with Crippen LogP contribution in [-0.4, -0.2) is 25.8 Å². The fraction of sp³-hybridized carbons (Fsp3) is 0.179.